The molecule has 1 aliphatic heterocycles. The molecule has 0 spiro atoms. The van der Waals surface area contributed by atoms with Crippen LogP contribution in [0.4, 0.5) is 5.69 Å². The average Bonchev–Trinajstić information content (AvgIpc) is 3.31. The number of para-hydroxylation sites is 1. The molecule has 154 valence electrons. The van der Waals surface area contributed by atoms with E-state index in [4.69, 9.17) is 0 Å². The molecule has 2 N–H and O–H groups in total. The zero-order chi connectivity index (χ0) is 20.8. The molecule has 7 nitrogen and oxygen atoms in total. The highest BCUT2D eigenvalue weighted by Crippen LogP contribution is 2.13. The van der Waals surface area contributed by atoms with Crippen molar-refractivity contribution in [1.82, 2.24) is 20.0 Å². The molecule has 0 unspecified atom stereocenters. The Bertz CT molecular complexity index is 963. The number of carbonyl (C=O) groups is 2. The van der Waals surface area contributed by atoms with Gasteiger partial charge in [-0.25, -0.2) is 4.68 Å². The largest absolute Gasteiger partial charge is 0.349 e. The zero-order valence-electron chi connectivity index (χ0n) is 16.7. The Morgan fingerprint density at radius 3 is 2.37 bits per heavy atom. The number of benzene rings is 2. The van der Waals surface area contributed by atoms with Gasteiger partial charge in [0.15, 0.2) is 0 Å². The van der Waals surface area contributed by atoms with Gasteiger partial charge in [0.2, 0.25) is 5.91 Å². The molecule has 0 atom stereocenters. The van der Waals surface area contributed by atoms with E-state index in [2.05, 4.69) is 20.6 Å². The Kier molecular flexibility index (Phi) is 6.20. The minimum absolute atomic E-state index is 0.0130. The molecular formula is C23H25N5O2. The SMILES string of the molecule is O=C(CN1CCC(NC(=O)c2ccc(-n3cccn3)cc2)CC1)Nc1ccccc1. The van der Waals surface area contributed by atoms with Gasteiger partial charge in [-0.05, 0) is 55.3 Å². The number of hydrogen-bond donors (Lipinski definition) is 2. The van der Waals surface area contributed by atoms with Gasteiger partial charge in [-0.2, -0.15) is 5.10 Å². The summed E-state index contributed by atoms with van der Waals surface area (Å²) in [4.78, 5) is 26.9. The Morgan fingerprint density at radius 2 is 1.70 bits per heavy atom. The number of amides is 2. The van der Waals surface area contributed by atoms with Gasteiger partial charge in [-0.15, -0.1) is 0 Å². The molecule has 2 amide bonds. The van der Waals surface area contributed by atoms with Crippen LogP contribution in [0.2, 0.25) is 0 Å². The first kappa shape index (κ1) is 19.8. The molecule has 1 aliphatic rings. The molecule has 2 aromatic carbocycles. The molecule has 0 saturated carbocycles. The molecule has 30 heavy (non-hydrogen) atoms. The van der Waals surface area contributed by atoms with Crippen molar-refractivity contribution in [2.24, 2.45) is 0 Å². The molecule has 1 fully saturated rings. The lowest BCUT2D eigenvalue weighted by Crippen LogP contribution is -2.46. The number of hydrogen-bond acceptors (Lipinski definition) is 4. The molecule has 7 heteroatoms. The van der Waals surface area contributed by atoms with E-state index in [1.807, 2.05) is 66.9 Å². The monoisotopic (exact) mass is 403 g/mol. The van der Waals surface area contributed by atoms with Crippen molar-refractivity contribution in [3.05, 3.63) is 78.6 Å². The van der Waals surface area contributed by atoms with Crippen molar-refractivity contribution in [2.45, 2.75) is 18.9 Å². The van der Waals surface area contributed by atoms with Crippen molar-refractivity contribution in [3.63, 3.8) is 0 Å². The maximum atomic E-state index is 12.6. The number of carbonyl (C=O) groups excluding carboxylic acids is 2. The number of rotatable bonds is 6. The van der Waals surface area contributed by atoms with Gasteiger partial charge in [0.25, 0.3) is 5.91 Å². The van der Waals surface area contributed by atoms with Crippen LogP contribution in [-0.4, -0.2) is 52.2 Å². The second-order valence-electron chi connectivity index (χ2n) is 7.44. The highest BCUT2D eigenvalue weighted by Gasteiger charge is 2.22. The predicted molar refractivity (Wildman–Crippen MR) is 116 cm³/mol. The zero-order valence-corrected chi connectivity index (χ0v) is 16.7. The van der Waals surface area contributed by atoms with E-state index < -0.39 is 0 Å². The molecule has 0 radical (unpaired) electrons. The summed E-state index contributed by atoms with van der Waals surface area (Å²) in [5, 5.41) is 10.2. The standard InChI is InChI=1S/C23H25N5O2/c29-22(25-19-5-2-1-3-6-19)17-27-15-11-20(12-16-27)26-23(30)18-7-9-21(10-8-18)28-14-4-13-24-28/h1-10,13-14,20H,11-12,15-17H2,(H,25,29)(H,26,30). The fourth-order valence-corrected chi connectivity index (χ4v) is 3.62. The lowest BCUT2D eigenvalue weighted by Gasteiger charge is -2.31. The average molecular weight is 403 g/mol. The topological polar surface area (TPSA) is 79.3 Å². The quantitative estimate of drug-likeness (QED) is 0.663. The lowest BCUT2D eigenvalue weighted by atomic mass is 10.0. The summed E-state index contributed by atoms with van der Waals surface area (Å²) < 4.78 is 1.76. The molecule has 4 rings (SSSR count). The number of likely N-dealkylation sites (tertiary alicyclic amines) is 1. The third-order valence-corrected chi connectivity index (χ3v) is 5.25. The first-order valence-corrected chi connectivity index (χ1v) is 10.2. The first-order chi connectivity index (χ1) is 14.7. The first-order valence-electron chi connectivity index (χ1n) is 10.2. The summed E-state index contributed by atoms with van der Waals surface area (Å²) >= 11 is 0. The van der Waals surface area contributed by atoms with Crippen molar-refractivity contribution >= 4 is 17.5 Å². The summed E-state index contributed by atoms with van der Waals surface area (Å²) in [6.07, 6.45) is 5.24. The van der Waals surface area contributed by atoms with Crippen LogP contribution in [0.5, 0.6) is 0 Å². The van der Waals surface area contributed by atoms with E-state index in [-0.39, 0.29) is 17.9 Å². The predicted octanol–water partition coefficient (Wildman–Crippen LogP) is 2.71. The summed E-state index contributed by atoms with van der Waals surface area (Å²) in [7, 11) is 0. The number of piperidine rings is 1. The maximum absolute atomic E-state index is 12.6. The lowest BCUT2D eigenvalue weighted by molar-refractivity contribution is -0.117. The van der Waals surface area contributed by atoms with Gasteiger partial charge in [0.1, 0.15) is 0 Å². The van der Waals surface area contributed by atoms with Crippen LogP contribution in [0.1, 0.15) is 23.2 Å². The second-order valence-corrected chi connectivity index (χ2v) is 7.44. The minimum Gasteiger partial charge on any atom is -0.349 e. The van der Waals surface area contributed by atoms with E-state index in [0.29, 0.717) is 12.1 Å². The summed E-state index contributed by atoms with van der Waals surface area (Å²) in [6.45, 7) is 1.93. The third kappa shape index (κ3) is 5.12. The molecule has 1 aromatic heterocycles. The number of aromatic nitrogens is 2. The fraction of sp³-hybridized carbons (Fsp3) is 0.261. The van der Waals surface area contributed by atoms with Crippen molar-refractivity contribution < 1.29 is 9.59 Å². The van der Waals surface area contributed by atoms with Gasteiger partial charge in [0.05, 0.1) is 12.2 Å². The highest BCUT2D eigenvalue weighted by atomic mass is 16.2. The summed E-state index contributed by atoms with van der Waals surface area (Å²) in [6, 6.07) is 18.8. The van der Waals surface area contributed by atoms with Crippen LogP contribution in [0.15, 0.2) is 73.1 Å². The number of anilines is 1. The molecule has 3 aromatic rings. The third-order valence-electron chi connectivity index (χ3n) is 5.25. The van der Waals surface area contributed by atoms with Crippen LogP contribution in [0.3, 0.4) is 0 Å². The smallest absolute Gasteiger partial charge is 0.251 e. The van der Waals surface area contributed by atoms with Gasteiger partial charge in [-0.1, -0.05) is 18.2 Å². The van der Waals surface area contributed by atoms with E-state index >= 15 is 0 Å². The van der Waals surface area contributed by atoms with Gasteiger partial charge < -0.3 is 10.6 Å². The highest BCUT2D eigenvalue weighted by molar-refractivity contribution is 5.94. The molecule has 0 bridgehead atoms. The maximum Gasteiger partial charge on any atom is 0.251 e. The van der Waals surface area contributed by atoms with Crippen LogP contribution in [-0.2, 0) is 4.79 Å². The summed E-state index contributed by atoms with van der Waals surface area (Å²) in [5.41, 5.74) is 2.36. The van der Waals surface area contributed by atoms with E-state index in [9.17, 15) is 9.59 Å². The Balaban J connectivity index is 1.22. The van der Waals surface area contributed by atoms with Crippen LogP contribution in [0, 0.1) is 0 Å². The van der Waals surface area contributed by atoms with Crippen molar-refractivity contribution in [1.29, 1.82) is 0 Å². The van der Waals surface area contributed by atoms with Crippen LogP contribution in [0.25, 0.3) is 5.69 Å². The molecule has 2 heterocycles. The van der Waals surface area contributed by atoms with Crippen LogP contribution < -0.4 is 10.6 Å². The number of nitrogens with one attached hydrogen (secondary N) is 2. The molecule has 1 saturated heterocycles. The minimum atomic E-state index is -0.0673. The van der Waals surface area contributed by atoms with Gasteiger partial charge >= 0.3 is 0 Å². The fourth-order valence-electron chi connectivity index (χ4n) is 3.62. The second kappa shape index (κ2) is 9.37. The normalized spacial score (nSPS) is 14.9. The van der Waals surface area contributed by atoms with Gasteiger partial charge in [-0.3, -0.25) is 14.5 Å². The number of nitrogens with zero attached hydrogens (tertiary/aromatic N) is 3. The van der Waals surface area contributed by atoms with E-state index in [1.54, 1.807) is 10.9 Å². The Labute approximate surface area is 175 Å². The van der Waals surface area contributed by atoms with Crippen molar-refractivity contribution in [2.75, 3.05) is 25.0 Å². The summed E-state index contributed by atoms with van der Waals surface area (Å²) in [5.74, 6) is -0.0803. The van der Waals surface area contributed by atoms with Gasteiger partial charge in [0, 0.05) is 42.8 Å². The Hall–Kier alpha value is -3.45. The molecular weight excluding hydrogens is 378 g/mol. The van der Waals surface area contributed by atoms with Crippen LogP contribution >= 0.6 is 0 Å². The van der Waals surface area contributed by atoms with Crippen molar-refractivity contribution in [3.8, 4) is 5.69 Å². The van der Waals surface area contributed by atoms with E-state index in [1.165, 1.54) is 0 Å². The Morgan fingerprint density at radius 1 is 0.967 bits per heavy atom. The van der Waals surface area contributed by atoms with E-state index in [0.717, 1.165) is 37.3 Å². The molecule has 0 aliphatic carbocycles.